The summed E-state index contributed by atoms with van der Waals surface area (Å²) in [6.45, 7) is 48.4. The molecule has 104 heavy (non-hydrogen) atoms. The van der Waals surface area contributed by atoms with Gasteiger partial charge in [-0.1, -0.05) is 280 Å². The molecule has 8 heterocycles. The van der Waals surface area contributed by atoms with Gasteiger partial charge in [0.25, 0.3) is 0 Å². The van der Waals surface area contributed by atoms with E-state index in [1.807, 2.05) is 284 Å². The molecule has 9 heteroatoms. The van der Waals surface area contributed by atoms with Gasteiger partial charge in [-0.05, 0) is 161 Å². The van der Waals surface area contributed by atoms with E-state index >= 15 is 0 Å². The Morgan fingerprint density at radius 3 is 1.32 bits per heavy atom. The Morgan fingerprint density at radius 1 is 0.212 bits per heavy atom. The van der Waals surface area contributed by atoms with Crippen molar-refractivity contribution in [2.24, 2.45) is 0 Å². The van der Waals surface area contributed by atoms with Gasteiger partial charge in [-0.15, -0.1) is 0 Å². The van der Waals surface area contributed by atoms with Crippen molar-refractivity contribution in [2.45, 2.75) is 166 Å². The highest BCUT2D eigenvalue weighted by molar-refractivity contribution is 5.86. The van der Waals surface area contributed by atoms with Crippen molar-refractivity contribution in [3.05, 3.63) is 331 Å². The van der Waals surface area contributed by atoms with Crippen LogP contribution in [-0.4, -0.2) is 44.9 Å². The van der Waals surface area contributed by atoms with Crippen LogP contribution in [0.15, 0.2) is 286 Å². The molecule has 16 aromatic rings. The highest BCUT2D eigenvalue weighted by Gasteiger charge is 1.99. The van der Waals surface area contributed by atoms with Gasteiger partial charge in [-0.3, -0.25) is 34.9 Å². The number of aryl methyl sites for hydroxylation is 8. The molecular weight excluding hydrogens is 1270 g/mol. The number of hydrogen-bond acceptors (Lipinski definition) is 9. The molecule has 9 nitrogen and oxygen atoms in total. The van der Waals surface area contributed by atoms with Crippen LogP contribution in [0.1, 0.15) is 156 Å². The third kappa shape index (κ3) is 31.5. The fourth-order valence-corrected chi connectivity index (χ4v) is 9.69. The van der Waals surface area contributed by atoms with Crippen LogP contribution in [0.2, 0.25) is 0 Å². The topological polar surface area (TPSA) is 116 Å². The maximum absolute atomic E-state index is 4.28. The van der Waals surface area contributed by atoms with Crippen molar-refractivity contribution in [3.8, 4) is 0 Å². The molecule has 16 rings (SSSR count). The van der Waals surface area contributed by atoms with Gasteiger partial charge >= 0.3 is 0 Å². The zero-order chi connectivity index (χ0) is 77.5. The maximum Gasteiger partial charge on any atom is 0.125 e. The second-order valence-electron chi connectivity index (χ2n) is 21.2. The molecule has 0 radical (unpaired) electrons. The summed E-state index contributed by atoms with van der Waals surface area (Å²) in [6.07, 6.45) is 18.5. The second kappa shape index (κ2) is 55.6. The van der Waals surface area contributed by atoms with Crippen molar-refractivity contribution in [1.29, 1.82) is 0 Å². The number of aromatic nitrogens is 9. The third-order valence-electron chi connectivity index (χ3n) is 14.4. The average Bonchev–Trinajstić information content (AvgIpc) is 0.866. The normalized spacial score (nSPS) is 9.15. The van der Waals surface area contributed by atoms with Gasteiger partial charge in [0.05, 0.1) is 27.6 Å². The molecule has 0 aliphatic rings. The molecule has 0 fully saturated rings. The van der Waals surface area contributed by atoms with E-state index in [2.05, 4.69) is 214 Å². The molecule has 0 bridgehead atoms. The van der Waals surface area contributed by atoms with Crippen molar-refractivity contribution >= 4 is 86.8 Å². The highest BCUT2D eigenvalue weighted by atomic mass is 14.9. The minimum absolute atomic E-state index is 0.823. The van der Waals surface area contributed by atoms with Gasteiger partial charge < -0.3 is 0 Å². The Balaban J connectivity index is 0.000000578. The van der Waals surface area contributed by atoms with E-state index in [0.717, 1.165) is 44.5 Å². The molecule has 8 aromatic carbocycles. The molecule has 0 aliphatic carbocycles. The number of nitrogens with zero attached hydrogens (tertiary/aromatic N) is 9. The van der Waals surface area contributed by atoms with Crippen LogP contribution in [0.5, 0.6) is 0 Å². The summed E-state index contributed by atoms with van der Waals surface area (Å²) in [4.78, 5) is 37.7. The number of para-hydroxylation sites is 2. The minimum atomic E-state index is 0.823. The maximum atomic E-state index is 4.28. The zero-order valence-electron chi connectivity index (χ0n) is 67.2. The minimum Gasteiger partial charge on any atom is -0.264 e. The van der Waals surface area contributed by atoms with Gasteiger partial charge in [0, 0.05) is 111 Å². The van der Waals surface area contributed by atoms with E-state index in [-0.39, 0.29) is 0 Å². The SMILES string of the molecule is CC.CC.CC.CC.CC.CC.CC.CC.Cc1ccc2cccnc2c1.Cc1ccc2cnccc2c1.Cc1ccc2ncccc2c1.Cc1cccc2cccnc12.Cc1cccc2ncccc12.Cc1cncc2ccccc12.Cc1ncc2ccccc2n1.Cc1nccc2ccccc12. The molecule has 0 N–H and O–H groups in total. The average molecular weight is 1390 g/mol. The largest absolute Gasteiger partial charge is 0.264 e. The highest BCUT2D eigenvalue weighted by Crippen LogP contribution is 2.20. The van der Waals surface area contributed by atoms with Crippen LogP contribution >= 0.6 is 0 Å². The van der Waals surface area contributed by atoms with Gasteiger partial charge in [-0.2, -0.15) is 0 Å². The quantitative estimate of drug-likeness (QED) is 0.146. The summed E-state index contributed by atoms with van der Waals surface area (Å²) >= 11 is 0. The van der Waals surface area contributed by atoms with E-state index in [9.17, 15) is 0 Å². The Hall–Kier alpha value is -11.0. The molecule has 544 valence electrons. The lowest BCUT2D eigenvalue weighted by Crippen LogP contribution is -1.86. The predicted octanol–water partition coefficient (Wildman–Crippen LogP) is 28.0. The lowest BCUT2D eigenvalue weighted by molar-refractivity contribution is 1.09. The van der Waals surface area contributed by atoms with E-state index in [1.54, 1.807) is 0 Å². The van der Waals surface area contributed by atoms with Crippen LogP contribution in [0.25, 0.3) is 86.8 Å². The van der Waals surface area contributed by atoms with Gasteiger partial charge in [0.1, 0.15) is 5.82 Å². The molecule has 0 atom stereocenters. The first-order chi connectivity index (χ1) is 50.9. The Kier molecular flexibility index (Phi) is 48.7. The van der Waals surface area contributed by atoms with Crippen molar-refractivity contribution in [3.63, 3.8) is 0 Å². The summed E-state index contributed by atoms with van der Waals surface area (Å²) in [7, 11) is 0. The fourth-order valence-electron chi connectivity index (χ4n) is 9.69. The summed E-state index contributed by atoms with van der Waals surface area (Å²) < 4.78 is 0. The zero-order valence-corrected chi connectivity index (χ0v) is 67.2. The fraction of sp³-hybridized carbons (Fsp3) is 0.253. The van der Waals surface area contributed by atoms with Crippen molar-refractivity contribution in [2.75, 3.05) is 0 Å². The summed E-state index contributed by atoms with van der Waals surface area (Å²) in [5.74, 6) is 0.823. The molecule has 0 saturated heterocycles. The van der Waals surface area contributed by atoms with Crippen LogP contribution in [0.3, 0.4) is 0 Å². The van der Waals surface area contributed by atoms with Gasteiger partial charge in [0.2, 0.25) is 0 Å². The Morgan fingerprint density at radius 2 is 0.673 bits per heavy atom. The van der Waals surface area contributed by atoms with Crippen LogP contribution in [0.4, 0.5) is 0 Å². The molecule has 0 spiro atoms. The van der Waals surface area contributed by atoms with Crippen molar-refractivity contribution < 1.29 is 0 Å². The number of hydrogen-bond donors (Lipinski definition) is 0. The van der Waals surface area contributed by atoms with Crippen molar-refractivity contribution in [1.82, 2.24) is 44.9 Å². The van der Waals surface area contributed by atoms with Gasteiger partial charge in [-0.25, -0.2) is 9.97 Å². The first kappa shape index (κ1) is 91.0. The van der Waals surface area contributed by atoms with Crippen LogP contribution in [0, 0.1) is 55.4 Å². The monoisotopic (exact) mass is 1390 g/mol. The lowest BCUT2D eigenvalue weighted by Gasteiger charge is -1.98. The first-order valence-electron chi connectivity index (χ1n) is 37.3. The summed E-state index contributed by atoms with van der Waals surface area (Å²) in [5.41, 5.74) is 14.0. The summed E-state index contributed by atoms with van der Waals surface area (Å²) in [6, 6.07) is 76.0. The first-order valence-corrected chi connectivity index (χ1v) is 37.3. The lowest BCUT2D eigenvalue weighted by atomic mass is 10.1. The Labute approximate surface area is 625 Å². The molecule has 8 aromatic heterocycles. The summed E-state index contributed by atoms with van der Waals surface area (Å²) in [5, 5.41) is 13.5. The van der Waals surface area contributed by atoms with E-state index in [0.29, 0.717) is 0 Å². The number of pyridine rings is 7. The number of rotatable bonds is 0. The van der Waals surface area contributed by atoms with Crippen LogP contribution in [-0.2, 0) is 0 Å². The predicted molar refractivity (Wildman–Crippen MR) is 460 cm³/mol. The molecule has 0 unspecified atom stereocenters. The number of fused-ring (bicyclic) bond motifs is 8. The molecule has 0 aliphatic heterocycles. The van der Waals surface area contributed by atoms with Crippen LogP contribution < -0.4 is 0 Å². The van der Waals surface area contributed by atoms with E-state index in [4.69, 9.17) is 0 Å². The van der Waals surface area contributed by atoms with Gasteiger partial charge in [0.15, 0.2) is 0 Å². The standard InChI is InChI=1S/7C10H9N.C9H8N2.8C2H6/c1-8-4-2-6-10-9(8)5-3-7-11-10;1-8-4-2-5-9-6-3-7-11-10(8)9;1-8-2-3-10-7-11-5-4-9(10)6-8;1-8-4-5-10-9(7-8)3-2-6-11-10;1-8-4-5-9-3-2-6-11-10(9)7-8;1-8-6-11-7-9-4-2-3-5-10(8)9;1-8-10-5-3-2-4-9(10)6-7-11-8;1-7-10-6-8-4-2-3-5-9(8)11-7;8*1-2/h7*2-7H,1H3;2-6H,1H3;8*1-2H3. The van der Waals surface area contributed by atoms with E-state index in [1.165, 1.54) is 87.2 Å². The Bertz CT molecular complexity index is 4230. The molecular formula is C95H119N9. The number of benzene rings is 8. The second-order valence-corrected chi connectivity index (χ2v) is 21.2. The molecule has 0 saturated carbocycles. The smallest absolute Gasteiger partial charge is 0.125 e. The van der Waals surface area contributed by atoms with E-state index < -0.39 is 0 Å². The molecule has 0 amide bonds. The third-order valence-corrected chi connectivity index (χ3v) is 14.4.